The molecule has 4 rings (SSSR count). The number of piperidine rings is 1. The maximum Gasteiger partial charge on any atom is 0.255 e. The molecule has 7 heteroatoms. The summed E-state index contributed by atoms with van der Waals surface area (Å²) in [5.74, 6) is 0.501. The maximum absolute atomic E-state index is 12.9. The summed E-state index contributed by atoms with van der Waals surface area (Å²) in [5.41, 5.74) is 2.27. The summed E-state index contributed by atoms with van der Waals surface area (Å²) in [4.78, 5) is 29.2. The van der Waals surface area contributed by atoms with Crippen molar-refractivity contribution in [2.45, 2.75) is 51.4 Å². The smallest absolute Gasteiger partial charge is 0.255 e. The molecule has 156 valence electrons. The van der Waals surface area contributed by atoms with E-state index in [-0.39, 0.29) is 24.0 Å². The van der Waals surface area contributed by atoms with Crippen molar-refractivity contribution in [3.8, 4) is 5.75 Å². The molecule has 29 heavy (non-hydrogen) atoms. The third-order valence-corrected chi connectivity index (χ3v) is 6.18. The molecule has 3 atom stereocenters. The number of benzene rings is 1. The average Bonchev–Trinajstić information content (AvgIpc) is 3.28. The molecule has 0 aliphatic carbocycles. The van der Waals surface area contributed by atoms with Crippen LogP contribution in [-0.4, -0.2) is 66.1 Å². The number of nitrogens with one attached hydrogen (secondary N) is 1. The number of amides is 2. The van der Waals surface area contributed by atoms with Gasteiger partial charge in [-0.05, 0) is 49.7 Å². The first-order chi connectivity index (χ1) is 14.0. The predicted molar refractivity (Wildman–Crippen MR) is 109 cm³/mol. The van der Waals surface area contributed by atoms with Crippen LogP contribution in [0.15, 0.2) is 30.5 Å². The van der Waals surface area contributed by atoms with E-state index in [2.05, 4.69) is 30.6 Å². The molecule has 1 N–H and O–H groups in total. The highest BCUT2D eigenvalue weighted by Crippen LogP contribution is 2.31. The average molecular weight is 399 g/mol. The molecule has 2 amide bonds. The number of hydrogen-bond donors (Lipinski definition) is 1. The molecule has 7 nitrogen and oxygen atoms in total. The van der Waals surface area contributed by atoms with Gasteiger partial charge in [0.2, 0.25) is 5.91 Å². The number of fused-ring (bicyclic) bond motifs is 1. The van der Waals surface area contributed by atoms with E-state index in [1.165, 1.54) is 0 Å². The summed E-state index contributed by atoms with van der Waals surface area (Å²) in [6, 6.07) is 5.38. The van der Waals surface area contributed by atoms with E-state index in [4.69, 9.17) is 9.47 Å². The van der Waals surface area contributed by atoms with Crippen molar-refractivity contribution in [2.24, 2.45) is 0 Å². The van der Waals surface area contributed by atoms with Crippen LogP contribution in [0.1, 0.15) is 42.6 Å². The molecule has 1 aromatic carbocycles. The summed E-state index contributed by atoms with van der Waals surface area (Å²) in [6.07, 6.45) is 1.27. The molecule has 0 saturated carbocycles. The zero-order chi connectivity index (χ0) is 20.5. The van der Waals surface area contributed by atoms with Crippen LogP contribution < -0.4 is 10.1 Å². The third kappa shape index (κ3) is 3.76. The molecule has 0 spiro atoms. The van der Waals surface area contributed by atoms with Gasteiger partial charge in [-0.1, -0.05) is 20.4 Å². The van der Waals surface area contributed by atoms with Crippen molar-refractivity contribution < 1.29 is 19.1 Å². The molecular weight excluding hydrogens is 370 g/mol. The molecule has 0 bridgehead atoms. The molecule has 3 aliphatic heterocycles. The summed E-state index contributed by atoms with van der Waals surface area (Å²) < 4.78 is 11.9. The maximum atomic E-state index is 12.9. The number of rotatable bonds is 6. The number of carbonyl (C=O) groups excluding carboxylic acids is 2. The molecule has 3 heterocycles. The van der Waals surface area contributed by atoms with Gasteiger partial charge in [0.1, 0.15) is 17.9 Å². The van der Waals surface area contributed by atoms with Gasteiger partial charge in [0.15, 0.2) is 0 Å². The van der Waals surface area contributed by atoms with Crippen molar-refractivity contribution >= 4 is 11.8 Å². The Morgan fingerprint density at radius 2 is 2.07 bits per heavy atom. The fourth-order valence-electron chi connectivity index (χ4n) is 4.55. The van der Waals surface area contributed by atoms with Gasteiger partial charge in [-0.3, -0.25) is 14.5 Å². The van der Waals surface area contributed by atoms with Gasteiger partial charge >= 0.3 is 0 Å². The van der Waals surface area contributed by atoms with Crippen LogP contribution >= 0.6 is 0 Å². The monoisotopic (exact) mass is 399 g/mol. The summed E-state index contributed by atoms with van der Waals surface area (Å²) in [5, 5.41) is 2.77. The van der Waals surface area contributed by atoms with Crippen LogP contribution in [-0.2, 0) is 16.1 Å². The minimum Gasteiger partial charge on any atom is -0.486 e. The lowest BCUT2D eigenvalue weighted by Crippen LogP contribution is -2.49. The van der Waals surface area contributed by atoms with E-state index in [9.17, 15) is 9.59 Å². The largest absolute Gasteiger partial charge is 0.486 e. The van der Waals surface area contributed by atoms with E-state index >= 15 is 0 Å². The van der Waals surface area contributed by atoms with Gasteiger partial charge in [-0.2, -0.15) is 0 Å². The summed E-state index contributed by atoms with van der Waals surface area (Å²) in [6.45, 7) is 11.7. The van der Waals surface area contributed by atoms with E-state index in [1.807, 2.05) is 18.2 Å². The van der Waals surface area contributed by atoms with Crippen LogP contribution in [0, 0.1) is 0 Å². The topological polar surface area (TPSA) is 71.1 Å². The Labute approximate surface area is 171 Å². The first-order valence-electron chi connectivity index (χ1n) is 10.4. The van der Waals surface area contributed by atoms with Crippen LogP contribution in [0.4, 0.5) is 0 Å². The standard InChI is InChI=1S/C22H29N3O4/c1-4-24(5-2)19-12-28-13-20(19)29-16-7-8-17-15(10-16)11-25(22(17)27)18-9-6-14(3)23-21(18)26/h7-8,10,18-20H,3-6,9,11-13H2,1-2H3,(H,23,26)/t18?,19-,20-/m1/s1. The number of likely N-dealkylation sites (N-methyl/N-ethyl adjacent to an activating group) is 1. The lowest BCUT2D eigenvalue weighted by molar-refractivity contribution is -0.126. The van der Waals surface area contributed by atoms with Crippen molar-refractivity contribution in [1.29, 1.82) is 0 Å². The summed E-state index contributed by atoms with van der Waals surface area (Å²) >= 11 is 0. The second kappa shape index (κ2) is 8.16. The first kappa shape index (κ1) is 19.9. The summed E-state index contributed by atoms with van der Waals surface area (Å²) in [7, 11) is 0. The van der Waals surface area contributed by atoms with Crippen LogP contribution in [0.25, 0.3) is 0 Å². The van der Waals surface area contributed by atoms with Crippen molar-refractivity contribution in [3.63, 3.8) is 0 Å². The van der Waals surface area contributed by atoms with E-state index in [1.54, 1.807) is 4.90 Å². The number of allylic oxidation sites excluding steroid dienone is 1. The third-order valence-electron chi connectivity index (χ3n) is 6.18. The highest BCUT2D eigenvalue weighted by Gasteiger charge is 2.39. The molecular formula is C22H29N3O4. The SMILES string of the molecule is C=C1CCC(N2Cc3cc(O[C@@H]4COC[C@H]4N(CC)CC)ccc3C2=O)C(=O)N1. The Hall–Kier alpha value is -2.38. The first-order valence-corrected chi connectivity index (χ1v) is 10.4. The number of carbonyl (C=O) groups is 2. The van der Waals surface area contributed by atoms with E-state index in [0.29, 0.717) is 43.9 Å². The van der Waals surface area contributed by atoms with E-state index < -0.39 is 6.04 Å². The highest BCUT2D eigenvalue weighted by atomic mass is 16.5. The normalized spacial score (nSPS) is 26.8. The second-order valence-electron chi connectivity index (χ2n) is 7.88. The number of hydrogen-bond acceptors (Lipinski definition) is 5. The zero-order valence-electron chi connectivity index (χ0n) is 17.1. The second-order valence-corrected chi connectivity index (χ2v) is 7.88. The van der Waals surface area contributed by atoms with E-state index in [0.717, 1.165) is 24.4 Å². The number of nitrogens with zero attached hydrogens (tertiary/aromatic N) is 2. The highest BCUT2D eigenvalue weighted by molar-refractivity contribution is 6.01. The Morgan fingerprint density at radius 1 is 1.28 bits per heavy atom. The molecule has 2 saturated heterocycles. The minimum atomic E-state index is -0.444. The number of ether oxygens (including phenoxy) is 2. The van der Waals surface area contributed by atoms with Crippen LogP contribution in [0.2, 0.25) is 0 Å². The lowest BCUT2D eigenvalue weighted by atomic mass is 10.0. The van der Waals surface area contributed by atoms with Gasteiger partial charge < -0.3 is 19.7 Å². The van der Waals surface area contributed by atoms with Gasteiger partial charge in [0.05, 0.1) is 19.3 Å². The molecule has 3 aliphatic rings. The fourth-order valence-corrected chi connectivity index (χ4v) is 4.55. The molecule has 0 radical (unpaired) electrons. The van der Waals surface area contributed by atoms with Gasteiger partial charge in [-0.15, -0.1) is 0 Å². The van der Waals surface area contributed by atoms with Crippen molar-refractivity contribution in [1.82, 2.24) is 15.1 Å². The molecule has 0 aromatic heterocycles. The minimum absolute atomic E-state index is 0.0312. The molecule has 1 unspecified atom stereocenters. The van der Waals surface area contributed by atoms with Gasteiger partial charge in [0.25, 0.3) is 5.91 Å². The quantitative estimate of drug-likeness (QED) is 0.791. The Kier molecular flexibility index (Phi) is 5.61. The van der Waals surface area contributed by atoms with Crippen molar-refractivity contribution in [2.75, 3.05) is 26.3 Å². The molecule has 1 aromatic rings. The van der Waals surface area contributed by atoms with Gasteiger partial charge in [-0.25, -0.2) is 0 Å². The Balaban J connectivity index is 1.48. The van der Waals surface area contributed by atoms with Crippen LogP contribution in [0.3, 0.4) is 0 Å². The Morgan fingerprint density at radius 3 is 2.79 bits per heavy atom. The van der Waals surface area contributed by atoms with Crippen molar-refractivity contribution in [3.05, 3.63) is 41.6 Å². The zero-order valence-corrected chi connectivity index (χ0v) is 17.1. The lowest BCUT2D eigenvalue weighted by Gasteiger charge is -2.30. The Bertz CT molecular complexity index is 820. The predicted octanol–water partition coefficient (Wildman–Crippen LogP) is 1.92. The van der Waals surface area contributed by atoms with Gasteiger partial charge in [0, 0.05) is 17.8 Å². The fraction of sp³-hybridized carbons (Fsp3) is 0.545. The van der Waals surface area contributed by atoms with Crippen LogP contribution in [0.5, 0.6) is 5.75 Å². The molecule has 2 fully saturated rings.